The van der Waals surface area contributed by atoms with Gasteiger partial charge in [-0.15, -0.1) is 0 Å². The lowest BCUT2D eigenvalue weighted by Crippen LogP contribution is -2.31. The van der Waals surface area contributed by atoms with E-state index in [1.165, 1.54) is 17.5 Å². The van der Waals surface area contributed by atoms with Crippen LogP contribution in [0.1, 0.15) is 25.8 Å². The summed E-state index contributed by atoms with van der Waals surface area (Å²) in [6.07, 6.45) is 0.754. The number of ether oxygens (including phenoxy) is 1. The molecule has 0 fully saturated rings. The maximum Gasteiger partial charge on any atom is 0.246 e. The molecule has 0 bridgehead atoms. The van der Waals surface area contributed by atoms with E-state index < -0.39 is 10.0 Å². The Morgan fingerprint density at radius 2 is 2.00 bits per heavy atom. The average molecular weight is 287 g/mol. The summed E-state index contributed by atoms with van der Waals surface area (Å²) in [5.41, 5.74) is 0.620. The van der Waals surface area contributed by atoms with Crippen LogP contribution in [-0.4, -0.2) is 38.0 Å². The van der Waals surface area contributed by atoms with Crippen LogP contribution in [0.3, 0.4) is 0 Å². The van der Waals surface area contributed by atoms with Crippen molar-refractivity contribution in [3.8, 4) is 5.75 Å². The molecule has 0 spiro atoms. The minimum Gasteiger partial charge on any atom is -0.495 e. The summed E-state index contributed by atoms with van der Waals surface area (Å²) in [4.78, 5) is 0.141. The van der Waals surface area contributed by atoms with Gasteiger partial charge >= 0.3 is 0 Å². The van der Waals surface area contributed by atoms with Crippen molar-refractivity contribution in [2.75, 3.05) is 20.2 Å². The fourth-order valence-electron chi connectivity index (χ4n) is 1.86. The summed E-state index contributed by atoms with van der Waals surface area (Å²) in [6, 6.07) is 4.62. The second-order valence-electron chi connectivity index (χ2n) is 4.14. The highest BCUT2D eigenvalue weighted by Gasteiger charge is 2.26. The molecule has 0 heterocycles. The summed E-state index contributed by atoms with van der Waals surface area (Å²) >= 11 is 0. The van der Waals surface area contributed by atoms with Gasteiger partial charge in [-0.1, -0.05) is 19.9 Å². The number of sulfonamides is 1. The molecule has 0 amide bonds. The lowest BCUT2D eigenvalue weighted by Gasteiger charge is -2.21. The number of aliphatic hydroxyl groups excluding tert-OH is 1. The molecule has 0 aliphatic carbocycles. The lowest BCUT2D eigenvalue weighted by atomic mass is 10.2. The Morgan fingerprint density at radius 3 is 2.47 bits per heavy atom. The fourth-order valence-corrected chi connectivity index (χ4v) is 3.54. The molecule has 19 heavy (non-hydrogen) atoms. The standard InChI is InChI=1S/C13H21NO4S/c1-4-8-14(5-2)19(16,17)13-7-6-11(10-15)9-12(13)18-3/h6-7,9,15H,4-5,8,10H2,1-3H3. The summed E-state index contributed by atoms with van der Waals surface area (Å²) in [7, 11) is -2.13. The number of aliphatic hydroxyl groups is 1. The van der Waals surface area contributed by atoms with E-state index in [4.69, 9.17) is 9.84 Å². The Balaban J connectivity index is 3.27. The Hall–Kier alpha value is -1.11. The van der Waals surface area contributed by atoms with Gasteiger partial charge in [0.2, 0.25) is 10.0 Å². The van der Waals surface area contributed by atoms with Gasteiger partial charge in [0.05, 0.1) is 13.7 Å². The maximum absolute atomic E-state index is 12.5. The second kappa shape index (κ2) is 6.88. The Bertz CT molecular complexity index is 513. The summed E-state index contributed by atoms with van der Waals surface area (Å²) in [5.74, 6) is 0.265. The van der Waals surface area contributed by atoms with E-state index in [0.717, 1.165) is 6.42 Å². The van der Waals surface area contributed by atoms with Gasteiger partial charge < -0.3 is 9.84 Å². The van der Waals surface area contributed by atoms with Gasteiger partial charge in [-0.25, -0.2) is 8.42 Å². The molecule has 1 rings (SSSR count). The first kappa shape index (κ1) is 15.9. The molecule has 1 aromatic rings. The average Bonchev–Trinajstić information content (AvgIpc) is 2.43. The summed E-state index contributed by atoms with van der Waals surface area (Å²) in [5, 5.41) is 9.08. The second-order valence-corrected chi connectivity index (χ2v) is 6.05. The molecule has 0 aromatic heterocycles. The van der Waals surface area contributed by atoms with E-state index in [9.17, 15) is 8.42 Å². The van der Waals surface area contributed by atoms with Gasteiger partial charge in [-0.05, 0) is 24.1 Å². The summed E-state index contributed by atoms with van der Waals surface area (Å²) < 4.78 is 31.6. The van der Waals surface area contributed by atoms with Crippen molar-refractivity contribution >= 4 is 10.0 Å². The number of benzene rings is 1. The fraction of sp³-hybridized carbons (Fsp3) is 0.538. The van der Waals surface area contributed by atoms with E-state index in [2.05, 4.69) is 0 Å². The predicted molar refractivity (Wildman–Crippen MR) is 73.6 cm³/mol. The van der Waals surface area contributed by atoms with Crippen LogP contribution in [0, 0.1) is 0 Å². The quantitative estimate of drug-likeness (QED) is 0.827. The molecular formula is C13H21NO4S. The van der Waals surface area contributed by atoms with E-state index in [0.29, 0.717) is 18.7 Å². The van der Waals surface area contributed by atoms with Crippen molar-refractivity contribution in [3.05, 3.63) is 23.8 Å². The number of nitrogens with zero attached hydrogens (tertiary/aromatic N) is 1. The highest BCUT2D eigenvalue weighted by atomic mass is 32.2. The summed E-state index contributed by atoms with van der Waals surface area (Å²) in [6.45, 7) is 4.49. The van der Waals surface area contributed by atoms with Crippen LogP contribution in [0.4, 0.5) is 0 Å². The monoisotopic (exact) mass is 287 g/mol. The first-order valence-corrected chi connectivity index (χ1v) is 7.73. The van der Waals surface area contributed by atoms with Gasteiger partial charge in [0.1, 0.15) is 10.6 Å². The molecule has 1 N–H and O–H groups in total. The Morgan fingerprint density at radius 1 is 1.32 bits per heavy atom. The van der Waals surface area contributed by atoms with Crippen LogP contribution in [0.25, 0.3) is 0 Å². The van der Waals surface area contributed by atoms with Crippen molar-refractivity contribution in [3.63, 3.8) is 0 Å². The van der Waals surface area contributed by atoms with Crippen molar-refractivity contribution in [2.24, 2.45) is 0 Å². The number of hydrogen-bond donors (Lipinski definition) is 1. The zero-order chi connectivity index (χ0) is 14.5. The molecule has 0 aliphatic heterocycles. The van der Waals surface area contributed by atoms with Crippen molar-refractivity contribution in [2.45, 2.75) is 31.8 Å². The minimum absolute atomic E-state index is 0.141. The minimum atomic E-state index is -3.55. The third-order valence-corrected chi connectivity index (χ3v) is 4.87. The zero-order valence-electron chi connectivity index (χ0n) is 11.6. The molecule has 108 valence electrons. The number of rotatable bonds is 7. The van der Waals surface area contributed by atoms with Gasteiger partial charge in [-0.2, -0.15) is 4.31 Å². The first-order valence-electron chi connectivity index (χ1n) is 6.29. The van der Waals surface area contributed by atoms with Gasteiger partial charge in [0, 0.05) is 13.1 Å². The van der Waals surface area contributed by atoms with Gasteiger partial charge in [0.15, 0.2) is 0 Å². The molecule has 0 radical (unpaired) electrons. The number of methoxy groups -OCH3 is 1. The third-order valence-electron chi connectivity index (χ3n) is 2.85. The molecule has 6 heteroatoms. The van der Waals surface area contributed by atoms with Crippen LogP contribution in [0.5, 0.6) is 5.75 Å². The third kappa shape index (κ3) is 3.46. The van der Waals surface area contributed by atoms with Crippen LogP contribution in [0.15, 0.2) is 23.1 Å². The zero-order valence-corrected chi connectivity index (χ0v) is 12.4. The largest absolute Gasteiger partial charge is 0.495 e. The van der Waals surface area contributed by atoms with Crippen molar-refractivity contribution in [1.82, 2.24) is 4.31 Å². The van der Waals surface area contributed by atoms with Crippen LogP contribution < -0.4 is 4.74 Å². The lowest BCUT2D eigenvalue weighted by molar-refractivity contribution is 0.280. The molecule has 5 nitrogen and oxygen atoms in total. The molecule has 0 unspecified atom stereocenters. The van der Waals surface area contributed by atoms with E-state index in [1.807, 2.05) is 13.8 Å². The van der Waals surface area contributed by atoms with Crippen LogP contribution in [0.2, 0.25) is 0 Å². The molecule has 0 aliphatic rings. The first-order chi connectivity index (χ1) is 9.01. The van der Waals surface area contributed by atoms with E-state index in [1.54, 1.807) is 12.1 Å². The van der Waals surface area contributed by atoms with Crippen LogP contribution in [-0.2, 0) is 16.6 Å². The highest BCUT2D eigenvalue weighted by Crippen LogP contribution is 2.28. The number of hydrogen-bond acceptors (Lipinski definition) is 4. The van der Waals surface area contributed by atoms with Crippen molar-refractivity contribution in [1.29, 1.82) is 0 Å². The SMILES string of the molecule is CCCN(CC)S(=O)(=O)c1ccc(CO)cc1OC. The molecule has 0 saturated heterocycles. The molecule has 0 atom stereocenters. The Labute approximate surface area is 114 Å². The molecule has 1 aromatic carbocycles. The molecular weight excluding hydrogens is 266 g/mol. The van der Waals surface area contributed by atoms with Crippen LogP contribution >= 0.6 is 0 Å². The van der Waals surface area contributed by atoms with E-state index >= 15 is 0 Å². The Kier molecular flexibility index (Phi) is 5.78. The van der Waals surface area contributed by atoms with Crippen molar-refractivity contribution < 1.29 is 18.3 Å². The molecule has 0 saturated carbocycles. The van der Waals surface area contributed by atoms with E-state index in [-0.39, 0.29) is 17.3 Å². The maximum atomic E-state index is 12.5. The highest BCUT2D eigenvalue weighted by molar-refractivity contribution is 7.89. The van der Waals surface area contributed by atoms with Gasteiger partial charge in [0.25, 0.3) is 0 Å². The smallest absolute Gasteiger partial charge is 0.246 e. The normalized spacial score (nSPS) is 11.8. The topological polar surface area (TPSA) is 66.8 Å². The van der Waals surface area contributed by atoms with Gasteiger partial charge in [-0.3, -0.25) is 0 Å². The predicted octanol–water partition coefficient (Wildman–Crippen LogP) is 1.61.